The zero-order valence-electron chi connectivity index (χ0n) is 16.6. The number of benzene rings is 2. The topological polar surface area (TPSA) is 52.6 Å². The molecule has 1 heterocycles. The van der Waals surface area contributed by atoms with Crippen LogP contribution < -0.4 is 15.5 Å². The van der Waals surface area contributed by atoms with Crippen LogP contribution in [0.25, 0.3) is 10.9 Å². The number of fused-ring (bicyclic) bond motifs is 1. The standard InChI is InChI=1S/C22H27N5.HI/c1-23-22(24-14-13-17-9-5-4-6-10-17)25-16-18-15-21(27(2)3)26-20-12-8-7-11-19(18)20;/h4-12,15H,13-14,16H2,1-3H3,(H2,23,24,25);1H. The molecule has 1 aromatic heterocycles. The number of guanidine groups is 1. The molecule has 3 rings (SSSR count). The molecule has 148 valence electrons. The monoisotopic (exact) mass is 489 g/mol. The van der Waals surface area contributed by atoms with Crippen molar-refractivity contribution >= 4 is 46.7 Å². The highest BCUT2D eigenvalue weighted by Crippen LogP contribution is 2.21. The van der Waals surface area contributed by atoms with Gasteiger partial charge in [-0.05, 0) is 29.7 Å². The van der Waals surface area contributed by atoms with Gasteiger partial charge >= 0.3 is 0 Å². The zero-order valence-corrected chi connectivity index (χ0v) is 19.0. The maximum atomic E-state index is 4.72. The second kappa shape index (κ2) is 10.8. The highest BCUT2D eigenvalue weighted by atomic mass is 127. The largest absolute Gasteiger partial charge is 0.363 e. The normalized spacial score (nSPS) is 11.0. The van der Waals surface area contributed by atoms with Crippen molar-refractivity contribution in [2.24, 2.45) is 4.99 Å². The summed E-state index contributed by atoms with van der Waals surface area (Å²) >= 11 is 0. The van der Waals surface area contributed by atoms with Gasteiger partial charge in [0.25, 0.3) is 0 Å². The molecule has 3 aromatic rings. The lowest BCUT2D eigenvalue weighted by Crippen LogP contribution is -2.37. The Morgan fingerprint density at radius 2 is 1.71 bits per heavy atom. The first kappa shape index (κ1) is 21.9. The minimum Gasteiger partial charge on any atom is -0.363 e. The van der Waals surface area contributed by atoms with Gasteiger partial charge in [0, 0.05) is 39.6 Å². The molecule has 0 bridgehead atoms. The maximum absolute atomic E-state index is 4.72. The lowest BCUT2D eigenvalue weighted by Gasteiger charge is -2.17. The van der Waals surface area contributed by atoms with Crippen LogP contribution in [0.4, 0.5) is 5.82 Å². The summed E-state index contributed by atoms with van der Waals surface area (Å²) in [6.07, 6.45) is 0.963. The van der Waals surface area contributed by atoms with Gasteiger partial charge in [0.1, 0.15) is 5.82 Å². The lowest BCUT2D eigenvalue weighted by molar-refractivity contribution is 0.796. The van der Waals surface area contributed by atoms with E-state index in [4.69, 9.17) is 4.98 Å². The van der Waals surface area contributed by atoms with Crippen molar-refractivity contribution in [1.82, 2.24) is 15.6 Å². The van der Waals surface area contributed by atoms with Gasteiger partial charge in [-0.25, -0.2) is 4.98 Å². The van der Waals surface area contributed by atoms with Crippen molar-refractivity contribution in [3.05, 3.63) is 71.8 Å². The molecule has 0 spiro atoms. The van der Waals surface area contributed by atoms with E-state index in [-0.39, 0.29) is 24.0 Å². The number of nitrogens with one attached hydrogen (secondary N) is 2. The van der Waals surface area contributed by atoms with E-state index < -0.39 is 0 Å². The molecule has 0 saturated carbocycles. The Kier molecular flexibility index (Phi) is 8.50. The van der Waals surface area contributed by atoms with Gasteiger partial charge < -0.3 is 15.5 Å². The van der Waals surface area contributed by atoms with E-state index in [0.29, 0.717) is 6.54 Å². The second-order valence-electron chi connectivity index (χ2n) is 6.64. The molecule has 0 unspecified atom stereocenters. The van der Waals surface area contributed by atoms with Gasteiger partial charge in [0.15, 0.2) is 5.96 Å². The predicted molar refractivity (Wildman–Crippen MR) is 130 cm³/mol. The Morgan fingerprint density at radius 1 is 1.00 bits per heavy atom. The number of rotatable bonds is 6. The van der Waals surface area contributed by atoms with E-state index in [1.54, 1.807) is 7.05 Å². The number of nitrogens with zero attached hydrogens (tertiary/aromatic N) is 3. The third kappa shape index (κ3) is 5.82. The van der Waals surface area contributed by atoms with E-state index in [0.717, 1.165) is 35.6 Å². The SMILES string of the molecule is CN=C(NCCc1ccccc1)NCc1cc(N(C)C)nc2ccccc12.I. The summed E-state index contributed by atoms with van der Waals surface area (Å²) < 4.78 is 0. The van der Waals surface area contributed by atoms with Crippen LogP contribution in [0.1, 0.15) is 11.1 Å². The zero-order chi connectivity index (χ0) is 19.1. The Labute approximate surface area is 184 Å². The average Bonchev–Trinajstić information content (AvgIpc) is 2.70. The highest BCUT2D eigenvalue weighted by Gasteiger charge is 2.08. The van der Waals surface area contributed by atoms with Crippen LogP contribution in [0.15, 0.2) is 65.7 Å². The quantitative estimate of drug-likeness (QED) is 0.314. The van der Waals surface area contributed by atoms with Crippen LogP contribution >= 0.6 is 24.0 Å². The number of hydrogen-bond donors (Lipinski definition) is 2. The van der Waals surface area contributed by atoms with Gasteiger partial charge in [-0.1, -0.05) is 48.5 Å². The van der Waals surface area contributed by atoms with Crippen LogP contribution in [-0.4, -0.2) is 38.6 Å². The maximum Gasteiger partial charge on any atom is 0.191 e. The summed E-state index contributed by atoms with van der Waals surface area (Å²) in [5.41, 5.74) is 3.53. The van der Waals surface area contributed by atoms with Gasteiger partial charge in [-0.3, -0.25) is 4.99 Å². The highest BCUT2D eigenvalue weighted by molar-refractivity contribution is 14.0. The third-order valence-corrected chi connectivity index (χ3v) is 4.47. The van der Waals surface area contributed by atoms with Crippen molar-refractivity contribution in [3.63, 3.8) is 0 Å². The molecule has 0 fully saturated rings. The Morgan fingerprint density at radius 3 is 2.43 bits per heavy atom. The molecular formula is C22H28IN5. The van der Waals surface area contributed by atoms with E-state index in [1.165, 1.54) is 11.1 Å². The molecule has 28 heavy (non-hydrogen) atoms. The molecule has 0 aliphatic rings. The first-order valence-electron chi connectivity index (χ1n) is 9.22. The minimum absolute atomic E-state index is 0. The summed E-state index contributed by atoms with van der Waals surface area (Å²) in [6.45, 7) is 1.53. The molecular weight excluding hydrogens is 461 g/mol. The molecule has 0 saturated heterocycles. The van der Waals surface area contributed by atoms with Crippen molar-refractivity contribution in [2.75, 3.05) is 32.6 Å². The Balaban J connectivity index is 0.00000280. The fourth-order valence-corrected chi connectivity index (χ4v) is 2.98. The molecule has 2 aromatic carbocycles. The summed E-state index contributed by atoms with van der Waals surface area (Å²) in [5.74, 6) is 1.76. The first-order chi connectivity index (χ1) is 13.2. The molecule has 2 N–H and O–H groups in total. The van der Waals surface area contributed by atoms with Crippen molar-refractivity contribution in [1.29, 1.82) is 0 Å². The van der Waals surface area contributed by atoms with Gasteiger partial charge in [-0.15, -0.1) is 24.0 Å². The van der Waals surface area contributed by atoms with E-state index in [9.17, 15) is 0 Å². The van der Waals surface area contributed by atoms with Crippen molar-refractivity contribution in [3.8, 4) is 0 Å². The van der Waals surface area contributed by atoms with E-state index >= 15 is 0 Å². The molecule has 0 aliphatic heterocycles. The van der Waals surface area contributed by atoms with Gasteiger partial charge in [0.2, 0.25) is 0 Å². The molecule has 0 aliphatic carbocycles. The third-order valence-electron chi connectivity index (χ3n) is 4.47. The molecule has 5 nitrogen and oxygen atoms in total. The van der Waals surface area contributed by atoms with Crippen LogP contribution in [0, 0.1) is 0 Å². The van der Waals surface area contributed by atoms with E-state index in [1.807, 2.05) is 31.1 Å². The minimum atomic E-state index is 0. The molecule has 0 radical (unpaired) electrons. The number of aliphatic imine (C=N–C) groups is 1. The number of anilines is 1. The van der Waals surface area contributed by atoms with Crippen molar-refractivity contribution < 1.29 is 0 Å². The number of para-hydroxylation sites is 1. The first-order valence-corrected chi connectivity index (χ1v) is 9.22. The van der Waals surface area contributed by atoms with E-state index in [2.05, 4.69) is 64.2 Å². The molecule has 6 heteroatoms. The summed E-state index contributed by atoms with van der Waals surface area (Å²) in [5, 5.41) is 7.97. The van der Waals surface area contributed by atoms with Crippen LogP contribution in [0.2, 0.25) is 0 Å². The molecule has 0 amide bonds. The number of halogens is 1. The summed E-state index contributed by atoms with van der Waals surface area (Å²) in [4.78, 5) is 11.1. The molecule has 0 atom stereocenters. The summed E-state index contributed by atoms with van der Waals surface area (Å²) in [6, 6.07) is 20.8. The van der Waals surface area contributed by atoms with Crippen molar-refractivity contribution in [2.45, 2.75) is 13.0 Å². The number of pyridine rings is 1. The fourth-order valence-electron chi connectivity index (χ4n) is 2.98. The second-order valence-corrected chi connectivity index (χ2v) is 6.64. The number of aromatic nitrogens is 1. The summed E-state index contributed by atoms with van der Waals surface area (Å²) in [7, 11) is 5.82. The average molecular weight is 489 g/mol. The smallest absolute Gasteiger partial charge is 0.191 e. The fraction of sp³-hybridized carbons (Fsp3) is 0.273. The van der Waals surface area contributed by atoms with Gasteiger partial charge in [-0.2, -0.15) is 0 Å². The number of hydrogen-bond acceptors (Lipinski definition) is 3. The van der Waals surface area contributed by atoms with Crippen LogP contribution in [0.3, 0.4) is 0 Å². The van der Waals surface area contributed by atoms with Crippen LogP contribution in [-0.2, 0) is 13.0 Å². The lowest BCUT2D eigenvalue weighted by atomic mass is 10.1. The Hall–Kier alpha value is -2.35. The Bertz CT molecular complexity index is 909. The predicted octanol–water partition coefficient (Wildman–Crippen LogP) is 3.83. The van der Waals surface area contributed by atoms with Gasteiger partial charge in [0.05, 0.1) is 5.52 Å². The van der Waals surface area contributed by atoms with Crippen LogP contribution in [0.5, 0.6) is 0 Å².